The molecule has 1 unspecified atom stereocenters. The maximum absolute atomic E-state index is 7.16. The van der Waals surface area contributed by atoms with Gasteiger partial charge in [-0.05, 0) is 24.6 Å². The minimum Gasteiger partial charge on any atom is -0.379 e. The van der Waals surface area contributed by atoms with E-state index in [0.717, 1.165) is 5.56 Å². The lowest BCUT2D eigenvalue weighted by molar-refractivity contribution is 1.11. The molecule has 1 aromatic carbocycles. The van der Waals surface area contributed by atoms with Crippen molar-refractivity contribution in [2.24, 2.45) is 5.73 Å². The third-order valence-electron chi connectivity index (χ3n) is 1.70. The first-order valence-electron chi connectivity index (χ1n) is 3.96. The average molecular weight is 286 g/mol. The van der Waals surface area contributed by atoms with Crippen LogP contribution in [0, 0.1) is 5.41 Å². The van der Waals surface area contributed by atoms with Crippen molar-refractivity contribution in [1.29, 1.82) is 5.41 Å². The summed E-state index contributed by atoms with van der Waals surface area (Å²) in [5.74, 6) is 0. The molecule has 0 aliphatic heterocycles. The molecule has 2 nitrogen and oxygen atoms in total. The maximum Gasteiger partial charge on any atom is 0.151 e. The van der Waals surface area contributed by atoms with Gasteiger partial charge in [0.05, 0.1) is 0 Å². The Hall–Kier alpha value is -0.0900. The van der Waals surface area contributed by atoms with E-state index in [1.54, 1.807) is 12.1 Å². The molecule has 84 valence electrons. The molecule has 0 aromatic heterocycles. The standard InChI is InChI=1S/C9H10Cl2N2S.ClH/c1-5(14-9(12)13)7-3-2-6(10)4-8(7)11;/h2-5H,1H3,(H3,12,13);1H. The number of thioether (sulfide) groups is 1. The molecule has 0 radical (unpaired) electrons. The van der Waals surface area contributed by atoms with Crippen molar-refractivity contribution in [1.82, 2.24) is 0 Å². The number of rotatable bonds is 2. The largest absolute Gasteiger partial charge is 0.379 e. The van der Waals surface area contributed by atoms with E-state index in [1.165, 1.54) is 11.8 Å². The van der Waals surface area contributed by atoms with Crippen LogP contribution in [-0.2, 0) is 0 Å². The number of amidine groups is 1. The third kappa shape index (κ3) is 4.51. The Balaban J connectivity index is 0.00000196. The summed E-state index contributed by atoms with van der Waals surface area (Å²) in [4.78, 5) is 0. The molecule has 0 aliphatic rings. The number of benzene rings is 1. The molecule has 0 spiro atoms. The van der Waals surface area contributed by atoms with Crippen LogP contribution in [0.25, 0.3) is 0 Å². The summed E-state index contributed by atoms with van der Waals surface area (Å²) in [5.41, 5.74) is 6.23. The average Bonchev–Trinajstić information content (AvgIpc) is 2.01. The smallest absolute Gasteiger partial charge is 0.151 e. The van der Waals surface area contributed by atoms with Gasteiger partial charge in [0, 0.05) is 15.3 Å². The lowest BCUT2D eigenvalue weighted by atomic mass is 10.2. The SMILES string of the molecule is CC(SC(=N)N)c1ccc(Cl)cc1Cl.Cl. The number of hydrogen-bond donors (Lipinski definition) is 2. The van der Waals surface area contributed by atoms with Gasteiger partial charge in [0.2, 0.25) is 0 Å². The number of nitrogens with one attached hydrogen (secondary N) is 1. The quantitative estimate of drug-likeness (QED) is 0.635. The second-order valence-corrected chi connectivity index (χ2v) is 5.02. The molecular formula is C9H11Cl3N2S. The van der Waals surface area contributed by atoms with Gasteiger partial charge in [0.1, 0.15) is 0 Å². The van der Waals surface area contributed by atoms with Crippen LogP contribution in [0.5, 0.6) is 0 Å². The van der Waals surface area contributed by atoms with E-state index in [2.05, 4.69) is 0 Å². The predicted octanol–water partition coefficient (Wildman–Crippen LogP) is 4.10. The van der Waals surface area contributed by atoms with E-state index in [9.17, 15) is 0 Å². The van der Waals surface area contributed by atoms with Crippen molar-refractivity contribution in [2.75, 3.05) is 0 Å². The van der Waals surface area contributed by atoms with Crippen molar-refractivity contribution in [3.05, 3.63) is 33.8 Å². The van der Waals surface area contributed by atoms with Crippen LogP contribution in [0.1, 0.15) is 17.7 Å². The molecule has 0 saturated carbocycles. The van der Waals surface area contributed by atoms with E-state index in [1.807, 2.05) is 13.0 Å². The molecule has 1 aromatic rings. The Bertz CT molecular complexity index is 357. The van der Waals surface area contributed by atoms with Crippen LogP contribution in [0.2, 0.25) is 10.0 Å². The van der Waals surface area contributed by atoms with Crippen LogP contribution in [0.3, 0.4) is 0 Å². The van der Waals surface area contributed by atoms with Gasteiger partial charge in [0.15, 0.2) is 5.17 Å². The highest BCUT2D eigenvalue weighted by atomic mass is 35.5. The molecule has 0 aliphatic carbocycles. The van der Waals surface area contributed by atoms with Crippen LogP contribution in [0.4, 0.5) is 0 Å². The van der Waals surface area contributed by atoms with E-state index in [-0.39, 0.29) is 22.8 Å². The van der Waals surface area contributed by atoms with Gasteiger partial charge in [-0.15, -0.1) is 12.4 Å². The topological polar surface area (TPSA) is 49.9 Å². The number of halogens is 3. The Kier molecular flexibility index (Phi) is 6.44. The second kappa shape index (κ2) is 6.48. The maximum atomic E-state index is 7.16. The first kappa shape index (κ1) is 14.9. The summed E-state index contributed by atoms with van der Waals surface area (Å²) in [7, 11) is 0. The number of nitrogens with two attached hydrogens (primary N) is 1. The molecule has 3 N–H and O–H groups in total. The van der Waals surface area contributed by atoms with Gasteiger partial charge < -0.3 is 5.73 Å². The summed E-state index contributed by atoms with van der Waals surface area (Å²) < 4.78 is 0. The summed E-state index contributed by atoms with van der Waals surface area (Å²) in [5, 5.41) is 8.53. The van der Waals surface area contributed by atoms with Crippen LogP contribution in [0.15, 0.2) is 18.2 Å². The molecule has 0 bridgehead atoms. The summed E-state index contributed by atoms with van der Waals surface area (Å²) in [6.07, 6.45) is 0. The van der Waals surface area contributed by atoms with Crippen molar-refractivity contribution in [3.63, 3.8) is 0 Å². The first-order chi connectivity index (χ1) is 6.50. The highest BCUT2D eigenvalue weighted by Crippen LogP contribution is 2.34. The van der Waals surface area contributed by atoms with E-state index >= 15 is 0 Å². The van der Waals surface area contributed by atoms with Crippen LogP contribution >= 0.6 is 47.4 Å². The fourth-order valence-electron chi connectivity index (χ4n) is 1.09. The van der Waals surface area contributed by atoms with Crippen molar-refractivity contribution in [3.8, 4) is 0 Å². The summed E-state index contributed by atoms with van der Waals surface area (Å²) >= 11 is 13.0. The molecule has 0 amide bonds. The van der Waals surface area contributed by atoms with Crippen molar-refractivity contribution < 1.29 is 0 Å². The highest BCUT2D eigenvalue weighted by Gasteiger charge is 2.11. The molecule has 1 rings (SSSR count). The highest BCUT2D eigenvalue weighted by molar-refractivity contribution is 8.13. The zero-order valence-corrected chi connectivity index (χ0v) is 11.1. The van der Waals surface area contributed by atoms with Gasteiger partial charge in [-0.2, -0.15) is 0 Å². The van der Waals surface area contributed by atoms with Crippen molar-refractivity contribution >= 4 is 52.5 Å². The first-order valence-corrected chi connectivity index (χ1v) is 5.60. The molecule has 6 heteroatoms. The Labute approximate surface area is 109 Å². The van der Waals surface area contributed by atoms with Gasteiger partial charge in [-0.3, -0.25) is 5.41 Å². The summed E-state index contributed by atoms with van der Waals surface area (Å²) in [6.45, 7) is 1.95. The normalized spacial score (nSPS) is 11.7. The lowest BCUT2D eigenvalue weighted by Crippen LogP contribution is -2.06. The van der Waals surface area contributed by atoms with Crippen LogP contribution in [-0.4, -0.2) is 5.17 Å². The Morgan fingerprint density at radius 3 is 2.53 bits per heavy atom. The third-order valence-corrected chi connectivity index (χ3v) is 3.13. The second-order valence-electron chi connectivity index (χ2n) is 2.79. The Morgan fingerprint density at radius 2 is 2.07 bits per heavy atom. The van der Waals surface area contributed by atoms with E-state index in [4.69, 9.17) is 34.3 Å². The Morgan fingerprint density at radius 1 is 1.47 bits per heavy atom. The number of hydrogen-bond acceptors (Lipinski definition) is 2. The zero-order chi connectivity index (χ0) is 10.7. The molecule has 0 saturated heterocycles. The van der Waals surface area contributed by atoms with Gasteiger partial charge in [-0.25, -0.2) is 0 Å². The predicted molar refractivity (Wildman–Crippen MR) is 71.6 cm³/mol. The minimum atomic E-state index is 0. The minimum absolute atomic E-state index is 0. The fourth-order valence-corrected chi connectivity index (χ4v) is 2.44. The molecule has 0 heterocycles. The van der Waals surface area contributed by atoms with E-state index < -0.39 is 0 Å². The molecular weight excluding hydrogens is 275 g/mol. The van der Waals surface area contributed by atoms with Gasteiger partial charge in [0.25, 0.3) is 0 Å². The monoisotopic (exact) mass is 284 g/mol. The van der Waals surface area contributed by atoms with E-state index in [0.29, 0.717) is 10.0 Å². The lowest BCUT2D eigenvalue weighted by Gasteiger charge is -2.11. The van der Waals surface area contributed by atoms with Crippen LogP contribution < -0.4 is 5.73 Å². The molecule has 15 heavy (non-hydrogen) atoms. The van der Waals surface area contributed by atoms with Crippen molar-refractivity contribution in [2.45, 2.75) is 12.2 Å². The fraction of sp³-hybridized carbons (Fsp3) is 0.222. The summed E-state index contributed by atoms with van der Waals surface area (Å²) in [6, 6.07) is 5.32. The zero-order valence-electron chi connectivity index (χ0n) is 7.96. The van der Waals surface area contributed by atoms with Gasteiger partial charge in [-0.1, -0.05) is 41.0 Å². The van der Waals surface area contributed by atoms with Gasteiger partial charge >= 0.3 is 0 Å². The molecule has 0 fully saturated rings. The molecule has 1 atom stereocenters.